The molecule has 0 aliphatic heterocycles. The van der Waals surface area contributed by atoms with Crippen molar-refractivity contribution >= 4 is 85.7 Å². The van der Waals surface area contributed by atoms with Crippen LogP contribution < -0.4 is 9.80 Å². The van der Waals surface area contributed by atoms with Crippen molar-refractivity contribution in [3.05, 3.63) is 340 Å². The summed E-state index contributed by atoms with van der Waals surface area (Å²) < 4.78 is 0. The van der Waals surface area contributed by atoms with Crippen molar-refractivity contribution in [1.29, 1.82) is 5.26 Å². The Bertz CT molecular complexity index is 5610. The zero-order valence-electron chi connectivity index (χ0n) is 56.0. The Labute approximate surface area is 578 Å². The smallest absolute Gasteiger partial charge is 0.187 e. The molecule has 0 fully saturated rings. The Morgan fingerprint density at radius 3 is 0.939 bits per heavy atom. The van der Waals surface area contributed by atoms with E-state index in [1.807, 2.05) is 24.3 Å². The van der Waals surface area contributed by atoms with Crippen LogP contribution in [0.15, 0.2) is 267 Å². The molecule has 4 nitrogen and oxygen atoms in total. The molecule has 99 heavy (non-hydrogen) atoms. The molecule has 0 saturated carbocycles. The molecule has 0 N–H and O–H groups in total. The highest BCUT2D eigenvalue weighted by Crippen LogP contribution is 2.58. The molecule has 14 aromatic carbocycles. The summed E-state index contributed by atoms with van der Waals surface area (Å²) in [5, 5.41) is 14.8. The van der Waals surface area contributed by atoms with Crippen LogP contribution in [0.2, 0.25) is 0 Å². The monoisotopic (exact) mass is 1260 g/mol. The van der Waals surface area contributed by atoms with E-state index in [1.165, 1.54) is 155 Å². The van der Waals surface area contributed by atoms with Gasteiger partial charge in [0.05, 0.1) is 29.6 Å². The lowest BCUT2D eigenvalue weighted by atomic mass is 9.81. The van der Waals surface area contributed by atoms with E-state index in [-0.39, 0.29) is 16.2 Å². The Hall–Kier alpha value is -12.3. The van der Waals surface area contributed by atoms with Gasteiger partial charge in [0, 0.05) is 49.8 Å². The third-order valence-corrected chi connectivity index (χ3v) is 22.6. The van der Waals surface area contributed by atoms with E-state index in [0.29, 0.717) is 11.3 Å². The molecule has 0 atom stereocenters. The molecule has 0 radical (unpaired) electrons. The topological polar surface area (TPSA) is 34.6 Å². The second-order valence-corrected chi connectivity index (χ2v) is 29.0. The molecule has 0 unspecified atom stereocenters. The quantitative estimate of drug-likeness (QED) is 0.101. The number of hydrogen-bond donors (Lipinski definition) is 0. The van der Waals surface area contributed by atoms with E-state index in [1.54, 1.807) is 0 Å². The van der Waals surface area contributed by atoms with Gasteiger partial charge in [-0.25, -0.2) is 4.85 Å². The van der Waals surface area contributed by atoms with Crippen molar-refractivity contribution in [1.82, 2.24) is 0 Å². The maximum absolute atomic E-state index is 9.83. The molecule has 0 saturated heterocycles. The summed E-state index contributed by atoms with van der Waals surface area (Å²) in [4.78, 5) is 8.51. The van der Waals surface area contributed by atoms with Gasteiger partial charge in [-0.15, -0.1) is 0 Å². The Kier molecular flexibility index (Phi) is 12.5. The molecule has 19 rings (SSSR count). The van der Waals surface area contributed by atoms with Crippen LogP contribution in [0.1, 0.15) is 103 Å². The van der Waals surface area contributed by atoms with Crippen molar-refractivity contribution in [2.24, 2.45) is 0 Å². The maximum atomic E-state index is 9.83. The third-order valence-electron chi connectivity index (χ3n) is 22.6. The highest BCUT2D eigenvalue weighted by Gasteiger charge is 2.40. The van der Waals surface area contributed by atoms with Gasteiger partial charge in [0.2, 0.25) is 0 Å². The average Bonchev–Trinajstić information content (AvgIpc) is 1.61. The number of nitrogens with zero attached hydrogens (tertiary/aromatic N) is 4. The summed E-state index contributed by atoms with van der Waals surface area (Å²) in [7, 11) is 0. The maximum Gasteiger partial charge on any atom is 0.187 e. The second-order valence-electron chi connectivity index (χ2n) is 29.0. The van der Waals surface area contributed by atoms with Crippen LogP contribution >= 0.6 is 0 Å². The normalized spacial score (nSPS) is 14.3. The van der Waals surface area contributed by atoms with Gasteiger partial charge in [-0.05, 0) is 217 Å². The van der Waals surface area contributed by atoms with Gasteiger partial charge < -0.3 is 9.80 Å². The van der Waals surface area contributed by atoms with Gasteiger partial charge in [-0.3, -0.25) is 0 Å². The number of hydrogen-bond acceptors (Lipinski definition) is 3. The predicted molar refractivity (Wildman–Crippen MR) is 414 cm³/mol. The first-order valence-corrected chi connectivity index (χ1v) is 34.4. The first kappa shape index (κ1) is 58.1. The fourth-order valence-corrected chi connectivity index (χ4v) is 17.5. The largest absolute Gasteiger partial charge is 0.310 e. The summed E-state index contributed by atoms with van der Waals surface area (Å²) in [6.07, 6.45) is 9.13. The second kappa shape index (κ2) is 21.3. The Morgan fingerprint density at radius 2 is 0.596 bits per heavy atom. The zero-order chi connectivity index (χ0) is 66.8. The van der Waals surface area contributed by atoms with Gasteiger partial charge in [0.25, 0.3) is 0 Å². The molecule has 4 heteroatoms. The molecule has 14 aromatic rings. The highest BCUT2D eigenvalue weighted by atomic mass is 15.2. The predicted octanol–water partition coefficient (Wildman–Crippen LogP) is 25.9. The zero-order valence-corrected chi connectivity index (χ0v) is 56.0. The minimum Gasteiger partial charge on any atom is -0.310 e. The molecule has 0 bridgehead atoms. The average molecular weight is 1260 g/mol. The van der Waals surface area contributed by atoms with Crippen LogP contribution in [-0.4, -0.2) is 0 Å². The molecule has 0 heterocycles. The van der Waals surface area contributed by atoms with Crippen LogP contribution in [0.5, 0.6) is 0 Å². The molecular formula is C95H66N4. The molecule has 0 amide bonds. The molecule has 0 spiro atoms. The van der Waals surface area contributed by atoms with Crippen LogP contribution in [0.4, 0.5) is 39.8 Å². The molecule has 5 aliphatic rings. The number of anilines is 6. The highest BCUT2D eigenvalue weighted by molar-refractivity contribution is 6.21. The van der Waals surface area contributed by atoms with Gasteiger partial charge in [0.15, 0.2) is 5.69 Å². The first-order valence-electron chi connectivity index (χ1n) is 34.4. The summed E-state index contributed by atoms with van der Waals surface area (Å²) in [5.74, 6) is 0. The number of fused-ring (bicyclic) bond motifs is 15. The van der Waals surface area contributed by atoms with Crippen LogP contribution in [0.3, 0.4) is 0 Å². The lowest BCUT2D eigenvalue weighted by molar-refractivity contribution is 0.660. The van der Waals surface area contributed by atoms with Crippen LogP contribution in [-0.2, 0) is 16.2 Å². The van der Waals surface area contributed by atoms with E-state index in [0.717, 1.165) is 34.1 Å². The van der Waals surface area contributed by atoms with E-state index < -0.39 is 0 Å². The first-order chi connectivity index (χ1) is 48.2. The van der Waals surface area contributed by atoms with Crippen molar-refractivity contribution in [2.75, 3.05) is 9.80 Å². The molecule has 0 aromatic heterocycles. The lowest BCUT2D eigenvalue weighted by Crippen LogP contribution is -2.17. The van der Waals surface area contributed by atoms with E-state index >= 15 is 0 Å². The summed E-state index contributed by atoms with van der Waals surface area (Å²) >= 11 is 0. The standard InChI is InChI=1S/C95H66N4/c1-93(2)83-50-57(22-24-59-30-42-73-75-44-38-65(54-87(75)94(3,4)85(73)52-59)98(63-34-26-61(56-96)27-35-63)89-48-46-79-69-16-10-8-14-67(69)77-18-12-20-81(89)91(77)79)28-40-71(83)72-41-29-58(51-84(72)93)23-25-60-31-43-74-76-45-39-66(55-88(76)95(5,6)86(74)53-60)99(64-36-32-62(97-7)33-37-64)90-49-47-80-70-17-11-9-15-68(70)78-19-13-21-82(90)92(78)80/h8-55H,1-6H3/b24-22+,25-23+. The number of benzene rings is 14. The fourth-order valence-electron chi connectivity index (χ4n) is 17.5. The fraction of sp³-hybridized carbons (Fsp3) is 0.0947. The van der Waals surface area contributed by atoms with Crippen molar-refractivity contribution in [3.63, 3.8) is 0 Å². The lowest BCUT2D eigenvalue weighted by Gasteiger charge is -2.29. The van der Waals surface area contributed by atoms with Crippen molar-refractivity contribution in [2.45, 2.75) is 57.8 Å². The number of rotatable bonds is 10. The molecule has 466 valence electrons. The van der Waals surface area contributed by atoms with Crippen molar-refractivity contribution in [3.8, 4) is 84.0 Å². The Balaban J connectivity index is 0.579. The summed E-state index contributed by atoms with van der Waals surface area (Å²) in [5.41, 5.74) is 37.4. The third kappa shape index (κ3) is 8.62. The molecule has 5 aliphatic carbocycles. The van der Waals surface area contributed by atoms with Crippen molar-refractivity contribution < 1.29 is 0 Å². The Morgan fingerprint density at radius 1 is 0.303 bits per heavy atom. The van der Waals surface area contributed by atoms with E-state index in [2.05, 4.69) is 329 Å². The summed E-state index contributed by atoms with van der Waals surface area (Å²) in [6, 6.07) is 100. The van der Waals surface area contributed by atoms with Crippen LogP contribution in [0, 0.1) is 17.9 Å². The molecular weight excluding hydrogens is 1200 g/mol. The minimum atomic E-state index is -0.270. The van der Waals surface area contributed by atoms with E-state index in [9.17, 15) is 5.26 Å². The minimum absolute atomic E-state index is 0.199. The van der Waals surface area contributed by atoms with Gasteiger partial charge in [-0.2, -0.15) is 5.26 Å². The van der Waals surface area contributed by atoms with Gasteiger partial charge in [-0.1, -0.05) is 260 Å². The van der Waals surface area contributed by atoms with E-state index in [4.69, 9.17) is 6.57 Å². The SMILES string of the molecule is [C-]#[N+]c1ccc(N(c2ccc3c(c2)C(C)(C)c2cc(/C=C/c4ccc5c(c4)C(C)(C)c4cc(/C=C/c6ccc7c(c6)C(C)(C)c6cc(N(c8ccc(C#N)cc8)c8ccc9c%10c(cccc8%10)-c8ccccc8-9)ccc6-7)ccc4-5)ccc2-3)c2ccc3c4c(cccc24)-c2ccccc2-3)cc1. The number of nitriles is 1. The van der Waals surface area contributed by atoms with Gasteiger partial charge in [0.1, 0.15) is 0 Å². The summed E-state index contributed by atoms with van der Waals surface area (Å²) in [6.45, 7) is 22.0. The van der Waals surface area contributed by atoms with Gasteiger partial charge >= 0.3 is 0 Å². The van der Waals surface area contributed by atoms with Crippen LogP contribution in [0.25, 0.3) is 129 Å².